The van der Waals surface area contributed by atoms with Crippen molar-refractivity contribution in [3.63, 3.8) is 0 Å². The van der Waals surface area contributed by atoms with Crippen molar-refractivity contribution < 1.29 is 17.9 Å². The minimum Gasteiger partial charge on any atom is -0.447 e. The Hall–Kier alpha value is -2.85. The van der Waals surface area contributed by atoms with E-state index in [4.69, 9.17) is 10.00 Å². The lowest BCUT2D eigenvalue weighted by Gasteiger charge is -2.15. The fourth-order valence-electron chi connectivity index (χ4n) is 2.71. The van der Waals surface area contributed by atoms with Gasteiger partial charge in [-0.05, 0) is 44.0 Å². The molecule has 0 radical (unpaired) electrons. The highest BCUT2D eigenvalue weighted by Gasteiger charge is 2.22. The molecule has 6 nitrogen and oxygen atoms in total. The molecule has 0 bridgehead atoms. The van der Waals surface area contributed by atoms with Crippen molar-refractivity contribution in [2.24, 2.45) is 0 Å². The van der Waals surface area contributed by atoms with Gasteiger partial charge < -0.3 is 4.74 Å². The number of rotatable bonds is 5. The van der Waals surface area contributed by atoms with Crippen molar-refractivity contribution in [1.29, 1.82) is 5.26 Å². The molecule has 0 saturated carbocycles. The van der Waals surface area contributed by atoms with Gasteiger partial charge in [-0.1, -0.05) is 29.8 Å². The van der Waals surface area contributed by atoms with Crippen LogP contribution in [0.15, 0.2) is 41.3 Å². The monoisotopic (exact) mass is 358 g/mol. The zero-order valence-electron chi connectivity index (χ0n) is 14.2. The third kappa shape index (κ3) is 4.17. The van der Waals surface area contributed by atoms with Crippen LogP contribution in [0, 0.1) is 32.1 Å². The van der Waals surface area contributed by atoms with Gasteiger partial charge in [-0.3, -0.25) is 4.72 Å². The van der Waals surface area contributed by atoms with Gasteiger partial charge in [0.15, 0.2) is 6.61 Å². The summed E-state index contributed by atoms with van der Waals surface area (Å²) in [6.07, 6.45) is 0. The molecule has 0 amide bonds. The standard InChI is InChI=1S/C18H18N2O4S/c1-12-10-13(2)17(14(3)11-12)25(22,23)20-16-7-5-4-6-15(16)18(21)24-9-8-19/h4-7,10-11,20H,9H2,1-3H3. The zero-order valence-corrected chi connectivity index (χ0v) is 15.0. The topological polar surface area (TPSA) is 96.3 Å². The van der Waals surface area contributed by atoms with Gasteiger partial charge in [0.25, 0.3) is 10.0 Å². The van der Waals surface area contributed by atoms with E-state index in [0.29, 0.717) is 11.1 Å². The summed E-state index contributed by atoms with van der Waals surface area (Å²) >= 11 is 0. The molecule has 7 heteroatoms. The van der Waals surface area contributed by atoms with Crippen LogP contribution in [0.4, 0.5) is 5.69 Å². The molecule has 0 aliphatic rings. The Bertz CT molecular complexity index is 936. The van der Waals surface area contributed by atoms with E-state index >= 15 is 0 Å². The SMILES string of the molecule is Cc1cc(C)c(S(=O)(=O)Nc2ccccc2C(=O)OCC#N)c(C)c1. The molecule has 0 spiro atoms. The Labute approximate surface area is 147 Å². The Morgan fingerprint density at radius 2 is 1.76 bits per heavy atom. The Balaban J connectivity index is 2.43. The number of anilines is 1. The molecule has 1 N–H and O–H groups in total. The zero-order chi connectivity index (χ0) is 18.6. The van der Waals surface area contributed by atoms with Crippen LogP contribution in [0.25, 0.3) is 0 Å². The van der Waals surface area contributed by atoms with Gasteiger partial charge in [0.05, 0.1) is 16.1 Å². The van der Waals surface area contributed by atoms with Crippen molar-refractivity contribution in [1.82, 2.24) is 0 Å². The first kappa shape index (κ1) is 18.5. The van der Waals surface area contributed by atoms with Gasteiger partial charge in [0.1, 0.15) is 6.07 Å². The number of aryl methyl sites for hydroxylation is 3. The molecule has 0 aliphatic heterocycles. The summed E-state index contributed by atoms with van der Waals surface area (Å²) in [6.45, 7) is 4.93. The van der Waals surface area contributed by atoms with Crippen LogP contribution in [-0.2, 0) is 14.8 Å². The molecular formula is C18H18N2O4S. The maximum absolute atomic E-state index is 12.8. The largest absolute Gasteiger partial charge is 0.447 e. The summed E-state index contributed by atoms with van der Waals surface area (Å²) in [5.41, 5.74) is 2.35. The number of ether oxygens (including phenoxy) is 1. The Morgan fingerprint density at radius 3 is 2.36 bits per heavy atom. The summed E-state index contributed by atoms with van der Waals surface area (Å²) in [6, 6.07) is 11.4. The molecule has 0 heterocycles. The summed E-state index contributed by atoms with van der Waals surface area (Å²) < 4.78 is 32.9. The maximum atomic E-state index is 12.8. The number of esters is 1. The number of sulfonamides is 1. The fraction of sp³-hybridized carbons (Fsp3) is 0.222. The highest BCUT2D eigenvalue weighted by molar-refractivity contribution is 7.92. The van der Waals surface area contributed by atoms with Crippen molar-refractivity contribution in [3.8, 4) is 6.07 Å². The lowest BCUT2D eigenvalue weighted by Crippen LogP contribution is -2.18. The van der Waals surface area contributed by atoms with E-state index in [1.54, 1.807) is 44.2 Å². The molecule has 2 rings (SSSR count). The quantitative estimate of drug-likeness (QED) is 0.829. The van der Waals surface area contributed by atoms with Crippen LogP contribution in [-0.4, -0.2) is 21.0 Å². The number of hydrogen-bond donors (Lipinski definition) is 1. The van der Waals surface area contributed by atoms with Crippen LogP contribution >= 0.6 is 0 Å². The number of carbonyl (C=O) groups is 1. The van der Waals surface area contributed by atoms with Gasteiger partial charge in [-0.2, -0.15) is 5.26 Å². The molecule has 2 aromatic carbocycles. The van der Waals surface area contributed by atoms with Gasteiger partial charge in [0, 0.05) is 0 Å². The number of nitrogens with zero attached hydrogens (tertiary/aromatic N) is 1. The molecule has 0 aliphatic carbocycles. The number of nitriles is 1. The summed E-state index contributed by atoms with van der Waals surface area (Å²) in [4.78, 5) is 12.2. The minimum atomic E-state index is -3.89. The van der Waals surface area contributed by atoms with Crippen molar-refractivity contribution in [2.75, 3.05) is 11.3 Å². The molecule has 0 atom stereocenters. The van der Waals surface area contributed by atoms with Gasteiger partial charge in [-0.25, -0.2) is 13.2 Å². The van der Waals surface area contributed by atoms with E-state index in [2.05, 4.69) is 4.72 Å². The van der Waals surface area contributed by atoms with Crippen molar-refractivity contribution in [2.45, 2.75) is 25.7 Å². The first-order valence-electron chi connectivity index (χ1n) is 7.50. The molecule has 0 fully saturated rings. The van der Waals surface area contributed by atoms with Crippen LogP contribution in [0.3, 0.4) is 0 Å². The van der Waals surface area contributed by atoms with Crippen LogP contribution < -0.4 is 4.72 Å². The van der Waals surface area contributed by atoms with Crippen LogP contribution in [0.1, 0.15) is 27.0 Å². The van der Waals surface area contributed by atoms with Crippen molar-refractivity contribution in [3.05, 3.63) is 58.7 Å². The smallest absolute Gasteiger partial charge is 0.341 e. The van der Waals surface area contributed by atoms with E-state index < -0.39 is 22.6 Å². The third-order valence-corrected chi connectivity index (χ3v) is 5.20. The number of hydrogen-bond acceptors (Lipinski definition) is 5. The van der Waals surface area contributed by atoms with E-state index in [9.17, 15) is 13.2 Å². The first-order chi connectivity index (χ1) is 11.8. The van der Waals surface area contributed by atoms with E-state index in [1.165, 1.54) is 12.1 Å². The average molecular weight is 358 g/mol. The summed E-state index contributed by atoms with van der Waals surface area (Å²) in [7, 11) is -3.89. The predicted octanol–water partition coefficient (Wildman–Crippen LogP) is 3.09. The molecule has 0 saturated heterocycles. The molecule has 0 unspecified atom stereocenters. The maximum Gasteiger partial charge on any atom is 0.341 e. The molecule has 130 valence electrons. The number of nitrogens with one attached hydrogen (secondary N) is 1. The molecule has 25 heavy (non-hydrogen) atoms. The normalized spacial score (nSPS) is 10.8. The van der Waals surface area contributed by atoms with E-state index in [-0.39, 0.29) is 16.1 Å². The number of para-hydroxylation sites is 1. The summed E-state index contributed by atoms with van der Waals surface area (Å²) in [5, 5.41) is 8.51. The predicted molar refractivity (Wildman–Crippen MR) is 93.8 cm³/mol. The first-order valence-corrected chi connectivity index (χ1v) is 8.98. The molecular weight excluding hydrogens is 340 g/mol. The fourth-order valence-corrected chi connectivity index (χ4v) is 4.25. The lowest BCUT2D eigenvalue weighted by atomic mass is 10.1. The van der Waals surface area contributed by atoms with Crippen LogP contribution in [0.5, 0.6) is 0 Å². The second kappa shape index (κ2) is 7.36. The highest BCUT2D eigenvalue weighted by atomic mass is 32.2. The molecule has 0 aromatic heterocycles. The molecule has 2 aromatic rings. The van der Waals surface area contributed by atoms with Gasteiger partial charge in [0.2, 0.25) is 0 Å². The Kier molecular flexibility index (Phi) is 5.45. The van der Waals surface area contributed by atoms with E-state index in [0.717, 1.165) is 5.56 Å². The van der Waals surface area contributed by atoms with Crippen molar-refractivity contribution >= 4 is 21.7 Å². The minimum absolute atomic E-state index is 0.0451. The second-order valence-corrected chi connectivity index (χ2v) is 7.23. The lowest BCUT2D eigenvalue weighted by molar-refractivity contribution is 0.0556. The summed E-state index contributed by atoms with van der Waals surface area (Å²) in [5.74, 6) is -0.766. The number of benzene rings is 2. The third-order valence-electron chi connectivity index (χ3n) is 3.53. The van der Waals surface area contributed by atoms with E-state index in [1.807, 2.05) is 6.92 Å². The van der Waals surface area contributed by atoms with Gasteiger partial charge in [-0.15, -0.1) is 0 Å². The number of carbonyl (C=O) groups excluding carboxylic acids is 1. The van der Waals surface area contributed by atoms with Gasteiger partial charge >= 0.3 is 5.97 Å². The Morgan fingerprint density at radius 1 is 1.16 bits per heavy atom. The second-order valence-electron chi connectivity index (χ2n) is 5.61. The average Bonchev–Trinajstić information content (AvgIpc) is 2.51. The highest BCUT2D eigenvalue weighted by Crippen LogP contribution is 2.26. The van der Waals surface area contributed by atoms with Crippen LogP contribution in [0.2, 0.25) is 0 Å².